The average Bonchev–Trinajstić information content (AvgIpc) is 3.44. The fourth-order valence-corrected chi connectivity index (χ4v) is 7.60. The Hall–Kier alpha value is -4.08. The highest BCUT2D eigenvalue weighted by Gasteiger charge is 2.21. The molecule has 7 rings (SSSR count). The lowest BCUT2D eigenvalue weighted by atomic mass is 10.1. The van der Waals surface area contributed by atoms with Gasteiger partial charge in [0.1, 0.15) is 5.58 Å². The van der Waals surface area contributed by atoms with E-state index < -0.39 is 8.80 Å². The van der Waals surface area contributed by atoms with Crippen LogP contribution in [0.2, 0.25) is 0 Å². The zero-order chi connectivity index (χ0) is 21.8. The first-order valence-corrected chi connectivity index (χ1v) is 12.7. The maximum Gasteiger partial charge on any atom is 0.159 e. The molecule has 0 bridgehead atoms. The number of hydrogen-bond donors (Lipinski definition) is 1. The molecule has 0 saturated carbocycles. The highest BCUT2D eigenvalue weighted by atomic mass is 28.3. The summed E-state index contributed by atoms with van der Waals surface area (Å²) in [5.41, 5.74) is 4.08. The molecular formula is C30H20NOSi. The van der Waals surface area contributed by atoms with Crippen LogP contribution in [0.1, 0.15) is 0 Å². The van der Waals surface area contributed by atoms with Crippen LogP contribution in [0.5, 0.6) is 0 Å². The minimum Gasteiger partial charge on any atom is -0.454 e. The van der Waals surface area contributed by atoms with E-state index in [9.17, 15) is 0 Å². The second-order valence-corrected chi connectivity index (χ2v) is 10.9. The third-order valence-electron chi connectivity index (χ3n) is 6.53. The predicted octanol–water partition coefficient (Wildman–Crippen LogP) is 5.74. The van der Waals surface area contributed by atoms with Gasteiger partial charge in [-0.1, -0.05) is 107 Å². The summed E-state index contributed by atoms with van der Waals surface area (Å²) < 4.78 is 6.29. The van der Waals surface area contributed by atoms with Gasteiger partial charge in [0.05, 0.1) is 5.52 Å². The lowest BCUT2D eigenvalue weighted by Gasteiger charge is -2.16. The lowest BCUT2D eigenvalue weighted by Crippen LogP contribution is -2.51. The van der Waals surface area contributed by atoms with Crippen LogP contribution in [0.25, 0.3) is 43.7 Å². The van der Waals surface area contributed by atoms with E-state index in [1.807, 2.05) is 12.1 Å². The van der Waals surface area contributed by atoms with Gasteiger partial charge in [0, 0.05) is 27.1 Å². The summed E-state index contributed by atoms with van der Waals surface area (Å²) in [7, 11) is -1.11. The van der Waals surface area contributed by atoms with Crippen molar-refractivity contribution in [3.63, 3.8) is 0 Å². The molecule has 0 aliphatic heterocycles. The number of furan rings is 1. The number of fused-ring (bicyclic) bond motifs is 7. The van der Waals surface area contributed by atoms with E-state index in [-0.39, 0.29) is 0 Å². The van der Waals surface area contributed by atoms with Gasteiger partial charge >= 0.3 is 0 Å². The maximum atomic E-state index is 6.29. The molecule has 2 nitrogen and oxygen atoms in total. The van der Waals surface area contributed by atoms with E-state index in [0.29, 0.717) is 0 Å². The van der Waals surface area contributed by atoms with Crippen LogP contribution in [0.4, 0.5) is 0 Å². The summed E-state index contributed by atoms with van der Waals surface area (Å²) in [5, 5.41) is 8.95. The molecule has 0 aliphatic carbocycles. The number of hydrogen-bond acceptors (Lipinski definition) is 1. The Labute approximate surface area is 192 Å². The number of H-pyrrole nitrogens is 1. The monoisotopic (exact) mass is 438 g/mol. The zero-order valence-electron chi connectivity index (χ0n) is 17.9. The molecule has 7 aromatic rings. The predicted molar refractivity (Wildman–Crippen MR) is 141 cm³/mol. The number of aromatic nitrogens is 1. The molecule has 5 aromatic carbocycles. The van der Waals surface area contributed by atoms with Gasteiger partial charge in [0.25, 0.3) is 0 Å². The molecule has 155 valence electrons. The minimum absolute atomic E-state index is 0.929. The third kappa shape index (κ3) is 2.86. The summed E-state index contributed by atoms with van der Waals surface area (Å²) in [4.78, 5) is 3.65. The summed E-state index contributed by atoms with van der Waals surface area (Å²) in [5.74, 6) is 0. The molecule has 0 atom stereocenters. The Morgan fingerprint density at radius 1 is 0.515 bits per heavy atom. The van der Waals surface area contributed by atoms with Crippen molar-refractivity contribution in [2.24, 2.45) is 0 Å². The van der Waals surface area contributed by atoms with Crippen molar-refractivity contribution in [1.82, 2.24) is 4.98 Å². The van der Waals surface area contributed by atoms with Gasteiger partial charge in [-0.3, -0.25) is 0 Å². The fourth-order valence-electron chi connectivity index (χ4n) is 5.01. The number of para-hydroxylation sites is 1. The molecule has 3 heteroatoms. The van der Waals surface area contributed by atoms with Crippen molar-refractivity contribution in [3.05, 3.63) is 115 Å². The maximum absolute atomic E-state index is 6.29. The van der Waals surface area contributed by atoms with Crippen LogP contribution in [0.15, 0.2) is 120 Å². The molecule has 0 saturated heterocycles. The summed E-state index contributed by atoms with van der Waals surface area (Å²) in [6, 6.07) is 41.4. The quantitative estimate of drug-likeness (QED) is 0.277. The van der Waals surface area contributed by atoms with Gasteiger partial charge < -0.3 is 9.40 Å². The standard InChI is InChI=1S/C30H20NOSi/c1-3-9-20(10-4-1)33(21-11-5-2-6-12-21)22-15-18-27-26(19-22)24-16-17-25-23-13-7-8-14-28(23)32-30(25)29(24)31-27/h1-19,31H. The van der Waals surface area contributed by atoms with Gasteiger partial charge in [-0.15, -0.1) is 0 Å². The van der Waals surface area contributed by atoms with Crippen molar-refractivity contribution in [1.29, 1.82) is 0 Å². The summed E-state index contributed by atoms with van der Waals surface area (Å²) in [6.45, 7) is 0. The Morgan fingerprint density at radius 3 is 1.94 bits per heavy atom. The van der Waals surface area contributed by atoms with Crippen molar-refractivity contribution >= 4 is 68.1 Å². The van der Waals surface area contributed by atoms with Crippen molar-refractivity contribution in [2.45, 2.75) is 0 Å². The zero-order valence-corrected chi connectivity index (χ0v) is 18.9. The average molecular weight is 439 g/mol. The number of rotatable bonds is 3. The van der Waals surface area contributed by atoms with Crippen LogP contribution in [-0.2, 0) is 0 Å². The van der Waals surface area contributed by atoms with E-state index in [1.165, 1.54) is 26.3 Å². The molecular weight excluding hydrogens is 418 g/mol. The Kier molecular flexibility index (Phi) is 4.05. The van der Waals surface area contributed by atoms with Crippen LogP contribution in [0, 0.1) is 0 Å². The molecule has 1 radical (unpaired) electrons. The molecule has 0 fully saturated rings. The van der Waals surface area contributed by atoms with Crippen LogP contribution in [0.3, 0.4) is 0 Å². The largest absolute Gasteiger partial charge is 0.454 e. The molecule has 0 spiro atoms. The Morgan fingerprint density at radius 2 is 1.18 bits per heavy atom. The van der Waals surface area contributed by atoms with Gasteiger partial charge in [-0.05, 0) is 23.4 Å². The van der Waals surface area contributed by atoms with Gasteiger partial charge in [0.15, 0.2) is 14.4 Å². The van der Waals surface area contributed by atoms with Gasteiger partial charge in [0.2, 0.25) is 0 Å². The number of nitrogens with one attached hydrogen (secondary N) is 1. The highest BCUT2D eigenvalue weighted by Crippen LogP contribution is 2.36. The van der Waals surface area contributed by atoms with Crippen LogP contribution in [-0.4, -0.2) is 13.8 Å². The number of aromatic amines is 1. The van der Waals surface area contributed by atoms with Crippen LogP contribution >= 0.6 is 0 Å². The fraction of sp³-hybridized carbons (Fsp3) is 0. The van der Waals surface area contributed by atoms with E-state index in [1.54, 1.807) is 0 Å². The second kappa shape index (κ2) is 7.22. The lowest BCUT2D eigenvalue weighted by molar-refractivity contribution is 0.672. The highest BCUT2D eigenvalue weighted by molar-refractivity contribution is 6.95. The molecule has 2 heterocycles. The topological polar surface area (TPSA) is 28.9 Å². The Bertz CT molecular complexity index is 1720. The van der Waals surface area contributed by atoms with E-state index in [0.717, 1.165) is 33.0 Å². The Balaban J connectivity index is 1.48. The molecule has 1 N–H and O–H groups in total. The first kappa shape index (κ1) is 18.5. The van der Waals surface area contributed by atoms with Crippen molar-refractivity contribution in [3.8, 4) is 0 Å². The minimum atomic E-state index is -1.11. The molecule has 33 heavy (non-hydrogen) atoms. The molecule has 0 amide bonds. The first-order chi connectivity index (χ1) is 16.4. The normalized spacial score (nSPS) is 11.9. The van der Waals surface area contributed by atoms with Gasteiger partial charge in [-0.25, -0.2) is 0 Å². The smallest absolute Gasteiger partial charge is 0.159 e. The molecule has 0 unspecified atom stereocenters. The third-order valence-corrected chi connectivity index (χ3v) is 9.24. The van der Waals surface area contributed by atoms with Crippen molar-refractivity contribution in [2.75, 3.05) is 0 Å². The second-order valence-electron chi connectivity index (χ2n) is 8.46. The summed E-state index contributed by atoms with van der Waals surface area (Å²) in [6.07, 6.45) is 0. The molecule has 0 aliphatic rings. The first-order valence-electron chi connectivity index (χ1n) is 11.2. The van der Waals surface area contributed by atoms with Gasteiger partial charge in [-0.2, -0.15) is 0 Å². The SMILES string of the molecule is c1ccc([Si](c2ccccc2)c2ccc3[nH]c4c(ccc5c6ccccc6oc54)c3c2)cc1. The van der Waals surface area contributed by atoms with Crippen LogP contribution < -0.4 is 15.6 Å². The van der Waals surface area contributed by atoms with E-state index >= 15 is 0 Å². The number of benzene rings is 5. The van der Waals surface area contributed by atoms with E-state index in [2.05, 4.69) is 108 Å². The molecule has 2 aromatic heterocycles. The summed E-state index contributed by atoms with van der Waals surface area (Å²) >= 11 is 0. The van der Waals surface area contributed by atoms with Crippen molar-refractivity contribution < 1.29 is 4.42 Å². The van der Waals surface area contributed by atoms with E-state index in [4.69, 9.17) is 4.42 Å².